The van der Waals surface area contributed by atoms with E-state index in [2.05, 4.69) is 22.0 Å². The zero-order valence-electron chi connectivity index (χ0n) is 13.5. The molecule has 3 rings (SSSR count). The largest absolute Gasteiger partial charge is 0.395 e. The number of aliphatic hydroxyl groups excluding tert-OH is 1. The van der Waals surface area contributed by atoms with E-state index in [-0.39, 0.29) is 18.5 Å². The molecule has 1 aliphatic heterocycles. The fourth-order valence-corrected chi connectivity index (χ4v) is 3.22. The number of halogens is 1. The van der Waals surface area contributed by atoms with Gasteiger partial charge in [0.05, 0.1) is 13.2 Å². The van der Waals surface area contributed by atoms with Crippen molar-refractivity contribution >= 4 is 0 Å². The molecule has 2 heterocycles. The summed E-state index contributed by atoms with van der Waals surface area (Å²) in [4.78, 5) is 6.61. The maximum absolute atomic E-state index is 13.4. The first-order valence-electron chi connectivity index (χ1n) is 8.02. The van der Waals surface area contributed by atoms with Crippen LogP contribution in [0, 0.1) is 18.7 Å². The molecule has 6 heteroatoms. The van der Waals surface area contributed by atoms with Gasteiger partial charge in [-0.05, 0) is 56.0 Å². The number of rotatable bonds is 4. The van der Waals surface area contributed by atoms with E-state index in [1.165, 1.54) is 6.07 Å². The fraction of sp³-hybridized carbons (Fsp3) is 0.529. The number of hydrogen-bond donors (Lipinski definition) is 1. The van der Waals surface area contributed by atoms with E-state index in [1.807, 2.05) is 0 Å². The molecule has 0 spiro atoms. The summed E-state index contributed by atoms with van der Waals surface area (Å²) >= 11 is 0. The Morgan fingerprint density at radius 3 is 3.00 bits per heavy atom. The van der Waals surface area contributed by atoms with Gasteiger partial charge in [0, 0.05) is 11.6 Å². The first kappa shape index (κ1) is 16.1. The van der Waals surface area contributed by atoms with Gasteiger partial charge in [-0.1, -0.05) is 12.1 Å². The molecule has 124 valence electrons. The van der Waals surface area contributed by atoms with Crippen LogP contribution < -0.4 is 0 Å². The van der Waals surface area contributed by atoms with Crippen molar-refractivity contribution in [2.45, 2.75) is 39.3 Å². The molecular weight excluding hydrogens is 297 g/mol. The van der Waals surface area contributed by atoms with Crippen molar-refractivity contribution in [1.29, 1.82) is 0 Å². The number of benzene rings is 1. The number of aryl methyl sites for hydroxylation is 1. The van der Waals surface area contributed by atoms with Crippen LogP contribution in [0.15, 0.2) is 22.7 Å². The highest BCUT2D eigenvalue weighted by Gasteiger charge is 2.29. The molecule has 0 amide bonds. The van der Waals surface area contributed by atoms with E-state index in [0.717, 1.165) is 24.9 Å². The molecule has 1 fully saturated rings. The average Bonchev–Trinajstić information content (AvgIpc) is 2.99. The Bertz CT molecular complexity index is 674. The minimum Gasteiger partial charge on any atom is -0.395 e. The highest BCUT2D eigenvalue weighted by molar-refractivity contribution is 5.55. The van der Waals surface area contributed by atoms with E-state index >= 15 is 0 Å². The molecule has 2 aromatic rings. The third kappa shape index (κ3) is 3.43. The van der Waals surface area contributed by atoms with Crippen LogP contribution in [0.1, 0.15) is 31.2 Å². The van der Waals surface area contributed by atoms with Crippen LogP contribution in [-0.2, 0) is 6.54 Å². The molecule has 0 bridgehead atoms. The zero-order valence-corrected chi connectivity index (χ0v) is 13.5. The number of hydrogen-bond acceptors (Lipinski definition) is 5. The SMILES string of the molecule is Cc1cc(-c2noc(CN3CCCC(C)C3CO)n2)ccc1F. The van der Waals surface area contributed by atoms with E-state index < -0.39 is 0 Å². The standard InChI is InChI=1S/C17H22FN3O2/c1-11-4-3-7-21(15(11)10-22)9-16-19-17(20-23-16)13-5-6-14(18)12(2)8-13/h5-6,8,11,15,22H,3-4,7,9-10H2,1-2H3. The Kier molecular flexibility index (Phi) is 4.73. The van der Waals surface area contributed by atoms with Gasteiger partial charge in [-0.3, -0.25) is 4.90 Å². The lowest BCUT2D eigenvalue weighted by Crippen LogP contribution is -2.46. The number of likely N-dealkylation sites (tertiary alicyclic amines) is 1. The predicted molar refractivity (Wildman–Crippen MR) is 84.1 cm³/mol. The van der Waals surface area contributed by atoms with Gasteiger partial charge < -0.3 is 9.63 Å². The third-order valence-corrected chi connectivity index (χ3v) is 4.64. The van der Waals surface area contributed by atoms with Crippen LogP contribution in [0.3, 0.4) is 0 Å². The first-order valence-corrected chi connectivity index (χ1v) is 8.02. The lowest BCUT2D eigenvalue weighted by molar-refractivity contribution is 0.0400. The summed E-state index contributed by atoms with van der Waals surface area (Å²) in [6.07, 6.45) is 2.24. The highest BCUT2D eigenvalue weighted by Crippen LogP contribution is 2.25. The summed E-state index contributed by atoms with van der Waals surface area (Å²) in [5.41, 5.74) is 1.30. The Labute approximate surface area is 135 Å². The van der Waals surface area contributed by atoms with Crippen LogP contribution in [0.2, 0.25) is 0 Å². The van der Waals surface area contributed by atoms with E-state index in [0.29, 0.717) is 29.7 Å². The molecule has 1 saturated heterocycles. The lowest BCUT2D eigenvalue weighted by Gasteiger charge is -2.38. The smallest absolute Gasteiger partial charge is 0.241 e. The number of aliphatic hydroxyl groups is 1. The van der Waals surface area contributed by atoms with Crippen molar-refractivity contribution in [2.75, 3.05) is 13.2 Å². The quantitative estimate of drug-likeness (QED) is 0.939. The van der Waals surface area contributed by atoms with Crippen LogP contribution in [-0.4, -0.2) is 39.3 Å². The van der Waals surface area contributed by atoms with Gasteiger partial charge >= 0.3 is 0 Å². The molecule has 1 aromatic heterocycles. The van der Waals surface area contributed by atoms with Crippen molar-refractivity contribution < 1.29 is 14.0 Å². The Morgan fingerprint density at radius 1 is 1.43 bits per heavy atom. The molecule has 2 unspecified atom stereocenters. The molecule has 0 aliphatic carbocycles. The Morgan fingerprint density at radius 2 is 2.26 bits per heavy atom. The number of piperidine rings is 1. The van der Waals surface area contributed by atoms with Crippen molar-refractivity contribution in [2.24, 2.45) is 5.92 Å². The topological polar surface area (TPSA) is 62.4 Å². The van der Waals surface area contributed by atoms with Crippen LogP contribution in [0.5, 0.6) is 0 Å². The maximum Gasteiger partial charge on any atom is 0.241 e. The van der Waals surface area contributed by atoms with Crippen molar-refractivity contribution in [3.63, 3.8) is 0 Å². The van der Waals surface area contributed by atoms with Crippen molar-refractivity contribution in [3.8, 4) is 11.4 Å². The van der Waals surface area contributed by atoms with Gasteiger partial charge in [0.15, 0.2) is 0 Å². The minimum atomic E-state index is -0.245. The summed E-state index contributed by atoms with van der Waals surface area (Å²) in [6, 6.07) is 4.90. The summed E-state index contributed by atoms with van der Waals surface area (Å²) in [5, 5.41) is 13.6. The zero-order chi connectivity index (χ0) is 16.4. The van der Waals surface area contributed by atoms with Crippen molar-refractivity contribution in [1.82, 2.24) is 15.0 Å². The number of nitrogens with zero attached hydrogens (tertiary/aromatic N) is 3. The summed E-state index contributed by atoms with van der Waals surface area (Å²) in [5.74, 6) is 1.20. The lowest BCUT2D eigenvalue weighted by atomic mass is 9.91. The highest BCUT2D eigenvalue weighted by atomic mass is 19.1. The van der Waals surface area contributed by atoms with Gasteiger partial charge in [0.1, 0.15) is 5.82 Å². The molecule has 1 aliphatic rings. The molecular formula is C17H22FN3O2. The van der Waals surface area contributed by atoms with Crippen LogP contribution in [0.4, 0.5) is 4.39 Å². The molecule has 2 atom stereocenters. The third-order valence-electron chi connectivity index (χ3n) is 4.64. The second-order valence-electron chi connectivity index (χ2n) is 6.32. The second-order valence-corrected chi connectivity index (χ2v) is 6.32. The van der Waals surface area contributed by atoms with Crippen molar-refractivity contribution in [3.05, 3.63) is 35.5 Å². The molecule has 0 saturated carbocycles. The van der Waals surface area contributed by atoms with E-state index in [9.17, 15) is 9.50 Å². The average molecular weight is 319 g/mol. The molecule has 1 aromatic carbocycles. The molecule has 23 heavy (non-hydrogen) atoms. The maximum atomic E-state index is 13.4. The second kappa shape index (κ2) is 6.76. The predicted octanol–water partition coefficient (Wildman–Crippen LogP) is 2.78. The molecule has 0 radical (unpaired) electrons. The van der Waals surface area contributed by atoms with E-state index in [4.69, 9.17) is 4.52 Å². The Balaban J connectivity index is 1.75. The minimum absolute atomic E-state index is 0.132. The monoisotopic (exact) mass is 319 g/mol. The van der Waals surface area contributed by atoms with Gasteiger partial charge in [0.25, 0.3) is 0 Å². The summed E-state index contributed by atoms with van der Waals surface area (Å²) < 4.78 is 18.7. The first-order chi connectivity index (χ1) is 11.1. The van der Waals surface area contributed by atoms with Gasteiger partial charge in [-0.2, -0.15) is 4.98 Å². The van der Waals surface area contributed by atoms with E-state index in [1.54, 1.807) is 19.1 Å². The molecule has 1 N–H and O–H groups in total. The fourth-order valence-electron chi connectivity index (χ4n) is 3.22. The van der Waals surface area contributed by atoms with Gasteiger partial charge in [0.2, 0.25) is 11.7 Å². The normalized spacial score (nSPS) is 22.4. The molecule has 5 nitrogen and oxygen atoms in total. The summed E-state index contributed by atoms with van der Waals surface area (Å²) in [7, 11) is 0. The van der Waals surface area contributed by atoms with Gasteiger partial charge in [-0.25, -0.2) is 4.39 Å². The van der Waals surface area contributed by atoms with Gasteiger partial charge in [-0.15, -0.1) is 0 Å². The van der Waals surface area contributed by atoms with Crippen LogP contribution >= 0.6 is 0 Å². The Hall–Kier alpha value is -1.79. The number of aromatic nitrogens is 2. The summed E-state index contributed by atoms with van der Waals surface area (Å²) in [6.45, 7) is 5.46. The van der Waals surface area contributed by atoms with Crippen LogP contribution in [0.25, 0.3) is 11.4 Å².